The monoisotopic (exact) mass is 496 g/mol. The molecule has 0 amide bonds. The number of aromatic nitrogens is 2. The average molecular weight is 497 g/mol. The number of rotatable bonds is 3. The molecular weight excluding hydrogens is 483 g/mol. The van der Waals surface area contributed by atoms with Crippen LogP contribution in [0.3, 0.4) is 0 Å². The molecule has 0 fully saturated rings. The van der Waals surface area contributed by atoms with Gasteiger partial charge in [-0.15, -0.1) is 11.3 Å². The molecule has 2 heterocycles. The predicted octanol–water partition coefficient (Wildman–Crippen LogP) is 6.66. The van der Waals surface area contributed by atoms with E-state index in [1.54, 1.807) is 28.8 Å². The molecule has 0 bridgehead atoms. The molecule has 30 heavy (non-hydrogen) atoms. The van der Waals surface area contributed by atoms with Crippen LogP contribution in [0.25, 0.3) is 27.0 Å². The van der Waals surface area contributed by atoms with E-state index in [0.717, 1.165) is 15.6 Å². The highest BCUT2D eigenvalue weighted by molar-refractivity contribution is 9.10. The van der Waals surface area contributed by atoms with Crippen LogP contribution in [0, 0.1) is 9.77 Å². The summed E-state index contributed by atoms with van der Waals surface area (Å²) in [4.78, 5) is 14.2. The second-order valence-electron chi connectivity index (χ2n) is 6.87. The number of hydrogen-bond donors (Lipinski definition) is 0. The molecule has 0 N–H and O–H groups in total. The van der Waals surface area contributed by atoms with Gasteiger partial charge in [-0.3, -0.25) is 13.8 Å². The van der Waals surface area contributed by atoms with Gasteiger partial charge in [0.15, 0.2) is 3.95 Å². The minimum Gasteiger partial charge on any atom is -0.288 e. The fraction of sp³-hybridized carbons (Fsp3) is 0.0435. The predicted molar refractivity (Wildman–Crippen MR) is 127 cm³/mol. The highest BCUT2D eigenvalue weighted by atomic mass is 79.9. The maximum Gasteiger partial charge on any atom is 0.261 e. The van der Waals surface area contributed by atoms with Gasteiger partial charge in [-0.2, -0.15) is 0 Å². The Morgan fingerprint density at radius 1 is 1.00 bits per heavy atom. The Morgan fingerprint density at radius 3 is 2.57 bits per heavy atom. The van der Waals surface area contributed by atoms with Gasteiger partial charge in [0.2, 0.25) is 0 Å². The van der Waals surface area contributed by atoms with E-state index >= 15 is 0 Å². The van der Waals surface area contributed by atoms with Crippen LogP contribution in [0.5, 0.6) is 0 Å². The van der Waals surface area contributed by atoms with Gasteiger partial charge in [0.05, 0.1) is 22.3 Å². The van der Waals surface area contributed by atoms with E-state index in [2.05, 4.69) is 15.9 Å². The minimum atomic E-state index is -0.342. The second kappa shape index (κ2) is 7.58. The van der Waals surface area contributed by atoms with E-state index in [-0.39, 0.29) is 11.4 Å². The smallest absolute Gasteiger partial charge is 0.261 e. The van der Waals surface area contributed by atoms with Gasteiger partial charge in [-0.25, -0.2) is 4.39 Å². The van der Waals surface area contributed by atoms with Crippen LogP contribution >= 0.6 is 39.5 Å². The van der Waals surface area contributed by atoms with Gasteiger partial charge in [0, 0.05) is 10.0 Å². The summed E-state index contributed by atoms with van der Waals surface area (Å²) in [5.41, 5.74) is 2.61. The summed E-state index contributed by atoms with van der Waals surface area (Å²) in [6, 6.07) is 21.8. The van der Waals surface area contributed by atoms with Gasteiger partial charge < -0.3 is 0 Å². The third-order valence-corrected chi connectivity index (χ3v) is 6.90. The number of fused-ring (bicyclic) bond motifs is 3. The molecule has 2 aromatic heterocycles. The third kappa shape index (κ3) is 3.14. The molecule has 3 nitrogen and oxygen atoms in total. The van der Waals surface area contributed by atoms with Crippen molar-refractivity contribution in [3.05, 3.63) is 103 Å². The first-order valence-electron chi connectivity index (χ1n) is 9.21. The molecule has 148 valence electrons. The summed E-state index contributed by atoms with van der Waals surface area (Å²) in [6.07, 6.45) is 0. The molecule has 0 saturated carbocycles. The Balaban J connectivity index is 1.93. The lowest BCUT2D eigenvalue weighted by Gasteiger charge is -2.14. The van der Waals surface area contributed by atoms with Crippen molar-refractivity contribution in [3.63, 3.8) is 0 Å². The Kier molecular flexibility index (Phi) is 4.89. The van der Waals surface area contributed by atoms with E-state index in [1.807, 2.05) is 46.9 Å². The Hall–Kier alpha value is -2.61. The molecule has 0 aliphatic heterocycles. The Morgan fingerprint density at radius 2 is 1.77 bits per heavy atom. The van der Waals surface area contributed by atoms with Gasteiger partial charge >= 0.3 is 0 Å². The molecule has 7 heteroatoms. The molecule has 0 atom stereocenters. The van der Waals surface area contributed by atoms with Crippen LogP contribution in [0.1, 0.15) is 5.56 Å². The van der Waals surface area contributed by atoms with Gasteiger partial charge in [0.25, 0.3) is 5.56 Å². The van der Waals surface area contributed by atoms with Crippen molar-refractivity contribution in [1.29, 1.82) is 0 Å². The molecule has 0 radical (unpaired) electrons. The lowest BCUT2D eigenvalue weighted by molar-refractivity contribution is 0.631. The van der Waals surface area contributed by atoms with Crippen molar-refractivity contribution < 1.29 is 4.39 Å². The number of hydrogen-bond acceptors (Lipinski definition) is 3. The molecule has 5 aromatic rings. The van der Waals surface area contributed by atoms with E-state index in [0.29, 0.717) is 32.0 Å². The maximum absolute atomic E-state index is 14.7. The highest BCUT2D eigenvalue weighted by Gasteiger charge is 2.20. The van der Waals surface area contributed by atoms with Crippen molar-refractivity contribution in [1.82, 2.24) is 8.97 Å². The first-order chi connectivity index (χ1) is 14.5. The van der Waals surface area contributed by atoms with Gasteiger partial charge in [0.1, 0.15) is 11.5 Å². The summed E-state index contributed by atoms with van der Waals surface area (Å²) in [7, 11) is 0. The van der Waals surface area contributed by atoms with Crippen LogP contribution in [0.4, 0.5) is 4.39 Å². The molecule has 0 spiro atoms. The van der Waals surface area contributed by atoms with Gasteiger partial charge in [-0.05, 0) is 48.1 Å². The van der Waals surface area contributed by atoms with E-state index in [4.69, 9.17) is 12.2 Å². The molecule has 5 rings (SSSR count). The fourth-order valence-electron chi connectivity index (χ4n) is 3.70. The van der Waals surface area contributed by atoms with Crippen LogP contribution in [0.2, 0.25) is 0 Å². The van der Waals surface area contributed by atoms with Crippen molar-refractivity contribution >= 4 is 56.0 Å². The number of nitrogens with zero attached hydrogens (tertiary/aromatic N) is 2. The maximum atomic E-state index is 14.7. The zero-order valence-electron chi connectivity index (χ0n) is 15.5. The van der Waals surface area contributed by atoms with Crippen LogP contribution < -0.4 is 5.56 Å². The first kappa shape index (κ1) is 19.4. The third-order valence-electron chi connectivity index (χ3n) is 5.01. The Bertz CT molecular complexity index is 1550. The van der Waals surface area contributed by atoms with Crippen molar-refractivity contribution in [2.75, 3.05) is 0 Å². The molecule has 0 saturated heterocycles. The highest BCUT2D eigenvalue weighted by Crippen LogP contribution is 2.34. The lowest BCUT2D eigenvalue weighted by Crippen LogP contribution is -2.23. The number of benzene rings is 3. The molecule has 0 aliphatic rings. The van der Waals surface area contributed by atoms with Crippen molar-refractivity contribution in [2.24, 2.45) is 0 Å². The normalized spacial score (nSPS) is 11.4. The summed E-state index contributed by atoms with van der Waals surface area (Å²) in [5, 5.41) is 0.578. The largest absolute Gasteiger partial charge is 0.288 e. The average Bonchev–Trinajstić information content (AvgIpc) is 3.08. The zero-order valence-corrected chi connectivity index (χ0v) is 18.7. The summed E-state index contributed by atoms with van der Waals surface area (Å²) < 4.78 is 19.8. The second-order valence-corrected chi connectivity index (χ2v) is 9.43. The lowest BCUT2D eigenvalue weighted by atomic mass is 10.1. The number of para-hydroxylation sites is 1. The fourth-order valence-corrected chi connectivity index (χ4v) is 5.60. The first-order valence-corrected chi connectivity index (χ1v) is 11.2. The zero-order chi connectivity index (χ0) is 20.8. The van der Waals surface area contributed by atoms with Gasteiger partial charge in [-0.1, -0.05) is 58.4 Å². The topological polar surface area (TPSA) is 26.4 Å². The van der Waals surface area contributed by atoms with Crippen molar-refractivity contribution in [3.8, 4) is 10.4 Å². The van der Waals surface area contributed by atoms with Crippen molar-refractivity contribution in [2.45, 2.75) is 6.54 Å². The summed E-state index contributed by atoms with van der Waals surface area (Å²) in [6.45, 7) is 0.347. The minimum absolute atomic E-state index is 0.129. The number of halogens is 2. The Labute approximate surface area is 188 Å². The van der Waals surface area contributed by atoms with E-state index in [1.165, 1.54) is 17.4 Å². The quantitative estimate of drug-likeness (QED) is 0.261. The van der Waals surface area contributed by atoms with E-state index < -0.39 is 0 Å². The molecular formula is C23H14BrFN2OS2. The van der Waals surface area contributed by atoms with Crippen LogP contribution in [-0.4, -0.2) is 8.97 Å². The number of thiazole rings is 1. The summed E-state index contributed by atoms with van der Waals surface area (Å²) >= 11 is 10.5. The standard InChI is InChI=1S/C23H14BrFN2OS2/c24-15-7-5-6-14(12-15)13-26-21-20(16-8-1-3-10-18(16)25)30-23(29)27(21)19-11-4-2-9-17(19)22(26)28/h1-12H,13H2. The van der Waals surface area contributed by atoms with Crippen LogP contribution in [-0.2, 0) is 6.54 Å². The molecule has 0 aliphatic carbocycles. The van der Waals surface area contributed by atoms with Crippen LogP contribution in [0.15, 0.2) is 82.1 Å². The molecule has 0 unspecified atom stereocenters. The summed E-state index contributed by atoms with van der Waals surface area (Å²) in [5.74, 6) is -0.342. The molecule has 3 aromatic carbocycles. The van der Waals surface area contributed by atoms with E-state index in [9.17, 15) is 9.18 Å². The SMILES string of the molecule is O=c1c2ccccc2n2c(=S)sc(-c3ccccc3F)c2n1Cc1cccc(Br)c1.